The number of nitrogens with zero attached hydrogens (tertiary/aromatic N) is 1. The Morgan fingerprint density at radius 2 is 1.49 bits per heavy atom. The fourth-order valence-electron chi connectivity index (χ4n) is 3.91. The van der Waals surface area contributed by atoms with Gasteiger partial charge >= 0.3 is 10.1 Å². The first-order valence-corrected chi connectivity index (χ1v) is 11.7. The Morgan fingerprint density at radius 1 is 0.886 bits per heavy atom. The van der Waals surface area contributed by atoms with E-state index in [4.69, 9.17) is 0 Å². The van der Waals surface area contributed by atoms with Crippen LogP contribution in [0.5, 0.6) is 5.75 Å². The van der Waals surface area contributed by atoms with Crippen LogP contribution < -0.4 is 4.74 Å². The number of carbonyl (C=O) groups excluding carboxylic acids is 2. The van der Waals surface area contributed by atoms with Crippen molar-refractivity contribution in [2.45, 2.75) is 31.1 Å². The van der Waals surface area contributed by atoms with Gasteiger partial charge < -0.3 is 4.74 Å². The second kappa shape index (κ2) is 8.93. The van der Waals surface area contributed by atoms with E-state index in [9.17, 15) is 35.6 Å². The van der Waals surface area contributed by atoms with E-state index >= 15 is 0 Å². The van der Waals surface area contributed by atoms with Gasteiger partial charge in [0, 0.05) is 5.39 Å². The third-order valence-corrected chi connectivity index (χ3v) is 6.77. The van der Waals surface area contributed by atoms with Crippen molar-refractivity contribution in [2.24, 2.45) is 0 Å². The minimum absolute atomic E-state index is 0.0984. The summed E-state index contributed by atoms with van der Waals surface area (Å²) in [5.41, 5.74) is 0.667. The number of hydrogen-bond acceptors (Lipinski definition) is 6. The average molecular weight is 511 g/mol. The summed E-state index contributed by atoms with van der Waals surface area (Å²) < 4.78 is 90.9. The lowest BCUT2D eigenvalue weighted by Gasteiger charge is -2.26. The first kappa shape index (κ1) is 24.6. The number of hydroxylamine groups is 2. The largest absolute Gasteiger partial charge is 0.491 e. The fourth-order valence-corrected chi connectivity index (χ4v) is 4.94. The summed E-state index contributed by atoms with van der Waals surface area (Å²) in [6.45, 7) is 2.00. The minimum atomic E-state index is -5.75. The zero-order chi connectivity index (χ0) is 25.7. The Bertz CT molecular complexity index is 1450. The number of aryl methyl sites for hydroxylation is 1. The zero-order valence-electron chi connectivity index (χ0n) is 18.3. The van der Waals surface area contributed by atoms with E-state index in [0.29, 0.717) is 18.9 Å². The molecule has 4 rings (SSSR count). The number of unbranched alkanes of at least 4 members (excludes halogenated alkanes) is 1. The Kier molecular flexibility index (Phi) is 6.28. The van der Waals surface area contributed by atoms with Crippen molar-refractivity contribution < 1.29 is 44.6 Å². The monoisotopic (exact) mass is 511 g/mol. The smallest absolute Gasteiger partial charge is 0.324 e. The van der Waals surface area contributed by atoms with Gasteiger partial charge in [-0.05, 0) is 35.9 Å². The molecule has 1 aliphatic heterocycles. The van der Waals surface area contributed by atoms with Gasteiger partial charge in [-0.2, -0.15) is 17.2 Å². The number of ether oxygens (including phenoxy) is 1. The number of benzene rings is 3. The Labute approximate surface area is 196 Å². The van der Waals surface area contributed by atoms with Crippen LogP contribution in [0, 0.1) is 23.3 Å². The molecule has 35 heavy (non-hydrogen) atoms. The van der Waals surface area contributed by atoms with Gasteiger partial charge in [0.05, 0.1) is 18.2 Å². The molecule has 1 aliphatic rings. The molecule has 7 nitrogen and oxygen atoms in total. The summed E-state index contributed by atoms with van der Waals surface area (Å²) in [6, 6.07) is 7.56. The average Bonchev–Trinajstić information content (AvgIpc) is 2.83. The molecule has 0 atom stereocenters. The minimum Gasteiger partial charge on any atom is -0.491 e. The van der Waals surface area contributed by atoms with Gasteiger partial charge in [0.1, 0.15) is 0 Å². The second-order valence-electron chi connectivity index (χ2n) is 7.66. The van der Waals surface area contributed by atoms with Gasteiger partial charge in [0.25, 0.3) is 11.8 Å². The van der Waals surface area contributed by atoms with Crippen molar-refractivity contribution in [1.29, 1.82) is 0 Å². The van der Waals surface area contributed by atoms with Crippen molar-refractivity contribution in [1.82, 2.24) is 5.06 Å². The van der Waals surface area contributed by atoms with Gasteiger partial charge in [0.15, 0.2) is 22.3 Å². The van der Waals surface area contributed by atoms with E-state index in [1.807, 2.05) is 6.92 Å². The van der Waals surface area contributed by atoms with E-state index in [1.54, 1.807) is 12.1 Å². The summed E-state index contributed by atoms with van der Waals surface area (Å²) in [4.78, 5) is 23.9. The normalized spacial score (nSPS) is 13.6. The molecule has 0 saturated heterocycles. The number of imide groups is 1. The maximum atomic E-state index is 14.4. The highest BCUT2D eigenvalue weighted by Gasteiger charge is 2.41. The molecule has 0 N–H and O–H groups in total. The van der Waals surface area contributed by atoms with Crippen LogP contribution in [0.2, 0.25) is 0 Å². The van der Waals surface area contributed by atoms with Gasteiger partial charge in [-0.1, -0.05) is 31.5 Å². The molecule has 1 heterocycles. The topological polar surface area (TPSA) is 90.0 Å². The molecular weight excluding hydrogens is 494 g/mol. The first-order chi connectivity index (χ1) is 16.5. The summed E-state index contributed by atoms with van der Waals surface area (Å²) in [6.07, 6.45) is 2.42. The molecule has 3 aromatic rings. The number of halogens is 4. The summed E-state index contributed by atoms with van der Waals surface area (Å²) in [7, 11) is -5.04. The standard InChI is InChI=1S/C23H17F4NO6S/c1-3-4-6-11-9-10-14-15-12(11)7-5-8-13(15)22(29)28(23(14)30)34-35(31,32)21-18(26)16(24)20(33-2)17(25)19(21)27/h5,7-10H,3-4,6H2,1-2H3. The Morgan fingerprint density at radius 3 is 2.06 bits per heavy atom. The third kappa shape index (κ3) is 3.82. The second-order valence-corrected chi connectivity index (χ2v) is 9.12. The van der Waals surface area contributed by atoms with Gasteiger partial charge in [-0.25, -0.2) is 8.78 Å². The quantitative estimate of drug-likeness (QED) is 0.260. The number of hydrogen-bond donors (Lipinski definition) is 0. The molecule has 0 saturated carbocycles. The Balaban J connectivity index is 1.81. The molecule has 184 valence electrons. The lowest BCUT2D eigenvalue weighted by Crippen LogP contribution is -2.42. The van der Waals surface area contributed by atoms with Crippen molar-refractivity contribution in [3.05, 3.63) is 70.3 Å². The lowest BCUT2D eigenvalue weighted by atomic mass is 9.90. The van der Waals surface area contributed by atoms with E-state index in [2.05, 4.69) is 9.02 Å². The lowest BCUT2D eigenvalue weighted by molar-refractivity contribution is -0.0158. The first-order valence-electron chi connectivity index (χ1n) is 10.3. The number of carbonyl (C=O) groups is 2. The van der Waals surface area contributed by atoms with Crippen LogP contribution in [0.25, 0.3) is 10.8 Å². The van der Waals surface area contributed by atoms with E-state index in [-0.39, 0.29) is 21.6 Å². The third-order valence-electron chi connectivity index (χ3n) is 5.57. The van der Waals surface area contributed by atoms with Crippen molar-refractivity contribution in [3.63, 3.8) is 0 Å². The van der Waals surface area contributed by atoms with Gasteiger partial charge in [-0.15, -0.1) is 9.35 Å². The van der Waals surface area contributed by atoms with Crippen LogP contribution in [-0.4, -0.2) is 32.4 Å². The molecular formula is C23H17F4NO6S. The molecule has 0 radical (unpaired) electrons. The highest BCUT2D eigenvalue weighted by molar-refractivity contribution is 7.86. The predicted octanol–water partition coefficient (Wildman–Crippen LogP) is 4.66. The SMILES string of the molecule is CCCCc1ccc2c3c(cccc13)C(=O)N(OS(=O)(=O)c1c(F)c(F)c(OC)c(F)c1F)C2=O. The number of methoxy groups -OCH3 is 1. The van der Waals surface area contributed by atoms with Crippen LogP contribution in [0.1, 0.15) is 46.0 Å². The molecule has 0 aromatic heterocycles. The van der Waals surface area contributed by atoms with Crippen LogP contribution >= 0.6 is 0 Å². The number of rotatable bonds is 7. The number of amides is 2. The summed E-state index contributed by atoms with van der Waals surface area (Å²) in [5.74, 6) is -12.9. The van der Waals surface area contributed by atoms with Crippen LogP contribution in [0.15, 0.2) is 35.2 Å². The molecule has 0 fully saturated rings. The van der Waals surface area contributed by atoms with Crippen LogP contribution in [0.4, 0.5) is 17.6 Å². The highest BCUT2D eigenvalue weighted by atomic mass is 32.2. The predicted molar refractivity (Wildman–Crippen MR) is 114 cm³/mol. The maximum Gasteiger partial charge on any atom is 0.324 e. The molecule has 0 bridgehead atoms. The van der Waals surface area contributed by atoms with E-state index in [0.717, 1.165) is 18.4 Å². The van der Waals surface area contributed by atoms with Crippen molar-refractivity contribution in [2.75, 3.05) is 7.11 Å². The molecule has 12 heteroatoms. The van der Waals surface area contributed by atoms with Crippen molar-refractivity contribution in [3.8, 4) is 5.75 Å². The van der Waals surface area contributed by atoms with E-state index in [1.165, 1.54) is 18.2 Å². The van der Waals surface area contributed by atoms with E-state index < -0.39 is 55.8 Å². The van der Waals surface area contributed by atoms with Crippen LogP contribution in [0.3, 0.4) is 0 Å². The summed E-state index contributed by atoms with van der Waals surface area (Å²) in [5, 5.41) is 0.665. The summed E-state index contributed by atoms with van der Waals surface area (Å²) >= 11 is 0. The maximum absolute atomic E-state index is 14.4. The van der Waals surface area contributed by atoms with Crippen LogP contribution in [-0.2, 0) is 20.8 Å². The fraction of sp³-hybridized carbons (Fsp3) is 0.217. The molecule has 3 aromatic carbocycles. The molecule has 0 aliphatic carbocycles. The highest BCUT2D eigenvalue weighted by Crippen LogP contribution is 2.36. The van der Waals surface area contributed by atoms with Gasteiger partial charge in [0.2, 0.25) is 11.6 Å². The van der Waals surface area contributed by atoms with Crippen molar-refractivity contribution >= 4 is 32.7 Å². The Hall–Kier alpha value is -3.51. The molecule has 0 unspecified atom stereocenters. The zero-order valence-corrected chi connectivity index (χ0v) is 19.1. The molecule has 2 amide bonds. The van der Waals surface area contributed by atoms with Gasteiger partial charge in [-0.3, -0.25) is 9.59 Å². The molecule has 0 spiro atoms.